The molecular weight excluding hydrogens is 276 g/mol. The standard InChI is InChI=1S/C14H25BrN2/c1-2-14-16-11-13-17(14)12-9-7-5-3-4-6-8-10-15/h11,13H,2-10,12H2,1H3. The lowest BCUT2D eigenvalue weighted by Gasteiger charge is -2.06. The van der Waals surface area contributed by atoms with Gasteiger partial charge < -0.3 is 4.57 Å². The molecule has 0 aliphatic rings. The Kier molecular flexibility index (Phi) is 8.41. The van der Waals surface area contributed by atoms with Crippen molar-refractivity contribution in [2.45, 2.75) is 64.8 Å². The van der Waals surface area contributed by atoms with Gasteiger partial charge in [0.2, 0.25) is 0 Å². The third-order valence-corrected chi connectivity index (χ3v) is 3.71. The Labute approximate surface area is 114 Å². The van der Waals surface area contributed by atoms with E-state index in [1.807, 2.05) is 6.20 Å². The van der Waals surface area contributed by atoms with Gasteiger partial charge in [-0.05, 0) is 12.8 Å². The van der Waals surface area contributed by atoms with Crippen LogP contribution in [0.5, 0.6) is 0 Å². The number of imidazole rings is 1. The van der Waals surface area contributed by atoms with Gasteiger partial charge in [-0.15, -0.1) is 0 Å². The zero-order valence-electron chi connectivity index (χ0n) is 11.0. The van der Waals surface area contributed by atoms with Crippen LogP contribution in [0.25, 0.3) is 0 Å². The summed E-state index contributed by atoms with van der Waals surface area (Å²) in [5, 5.41) is 1.16. The molecule has 0 N–H and O–H groups in total. The summed E-state index contributed by atoms with van der Waals surface area (Å²) in [7, 11) is 0. The summed E-state index contributed by atoms with van der Waals surface area (Å²) in [5.41, 5.74) is 0. The first-order valence-electron chi connectivity index (χ1n) is 6.94. The number of hydrogen-bond donors (Lipinski definition) is 0. The third kappa shape index (κ3) is 6.25. The van der Waals surface area contributed by atoms with E-state index in [0.717, 1.165) is 18.3 Å². The Morgan fingerprint density at radius 2 is 1.71 bits per heavy atom. The van der Waals surface area contributed by atoms with Gasteiger partial charge in [0.25, 0.3) is 0 Å². The highest BCUT2D eigenvalue weighted by atomic mass is 79.9. The van der Waals surface area contributed by atoms with Crippen molar-refractivity contribution < 1.29 is 0 Å². The Bertz CT molecular complexity index is 284. The largest absolute Gasteiger partial charge is 0.335 e. The number of aromatic nitrogens is 2. The highest BCUT2D eigenvalue weighted by molar-refractivity contribution is 9.09. The molecule has 0 aliphatic carbocycles. The van der Waals surface area contributed by atoms with Crippen molar-refractivity contribution in [3.05, 3.63) is 18.2 Å². The van der Waals surface area contributed by atoms with Crippen LogP contribution < -0.4 is 0 Å². The second kappa shape index (κ2) is 9.69. The van der Waals surface area contributed by atoms with Crippen LogP contribution in [0.2, 0.25) is 0 Å². The van der Waals surface area contributed by atoms with Crippen LogP contribution in [-0.2, 0) is 13.0 Å². The van der Waals surface area contributed by atoms with Crippen LogP contribution in [0, 0.1) is 0 Å². The topological polar surface area (TPSA) is 17.8 Å². The molecule has 1 aromatic heterocycles. The molecule has 17 heavy (non-hydrogen) atoms. The smallest absolute Gasteiger partial charge is 0.108 e. The number of halogens is 1. The van der Waals surface area contributed by atoms with E-state index in [0.29, 0.717) is 0 Å². The summed E-state index contributed by atoms with van der Waals surface area (Å²) >= 11 is 3.47. The highest BCUT2D eigenvalue weighted by Crippen LogP contribution is 2.09. The summed E-state index contributed by atoms with van der Waals surface area (Å²) in [5.74, 6) is 1.22. The van der Waals surface area contributed by atoms with Crippen LogP contribution >= 0.6 is 15.9 Å². The molecule has 0 saturated carbocycles. The lowest BCUT2D eigenvalue weighted by molar-refractivity contribution is 0.541. The summed E-state index contributed by atoms with van der Waals surface area (Å²) < 4.78 is 2.30. The number of alkyl halides is 1. The predicted molar refractivity (Wildman–Crippen MR) is 77.7 cm³/mol. The molecule has 1 aromatic rings. The molecular formula is C14H25BrN2. The van der Waals surface area contributed by atoms with Crippen LogP contribution in [0.15, 0.2) is 12.4 Å². The van der Waals surface area contributed by atoms with E-state index < -0.39 is 0 Å². The second-order valence-electron chi connectivity index (χ2n) is 4.55. The molecule has 2 nitrogen and oxygen atoms in total. The molecule has 0 amide bonds. The predicted octanol–water partition coefficient (Wildman–Crippen LogP) is 4.57. The first-order chi connectivity index (χ1) is 8.38. The van der Waals surface area contributed by atoms with Crippen LogP contribution in [0.3, 0.4) is 0 Å². The minimum Gasteiger partial charge on any atom is -0.335 e. The molecule has 0 radical (unpaired) electrons. The van der Waals surface area contributed by atoms with E-state index in [4.69, 9.17) is 0 Å². The van der Waals surface area contributed by atoms with Crippen LogP contribution in [-0.4, -0.2) is 14.9 Å². The SMILES string of the molecule is CCc1nccn1CCCCCCCCCBr. The van der Waals surface area contributed by atoms with Gasteiger partial charge in [0.05, 0.1) is 0 Å². The quantitative estimate of drug-likeness (QED) is 0.457. The van der Waals surface area contributed by atoms with Gasteiger partial charge in [0, 0.05) is 30.7 Å². The second-order valence-corrected chi connectivity index (χ2v) is 5.35. The van der Waals surface area contributed by atoms with E-state index in [9.17, 15) is 0 Å². The summed E-state index contributed by atoms with van der Waals surface area (Å²) in [6, 6.07) is 0. The van der Waals surface area contributed by atoms with Gasteiger partial charge in [-0.25, -0.2) is 4.98 Å². The minimum absolute atomic E-state index is 1.04. The van der Waals surface area contributed by atoms with E-state index in [1.54, 1.807) is 0 Å². The van der Waals surface area contributed by atoms with Crippen molar-refractivity contribution in [3.8, 4) is 0 Å². The molecule has 0 aromatic carbocycles. The average molecular weight is 301 g/mol. The zero-order valence-corrected chi connectivity index (χ0v) is 12.6. The van der Waals surface area contributed by atoms with Gasteiger partial charge >= 0.3 is 0 Å². The van der Waals surface area contributed by atoms with Crippen molar-refractivity contribution in [1.29, 1.82) is 0 Å². The Balaban J connectivity index is 1.97. The summed E-state index contributed by atoms with van der Waals surface area (Å²) in [6.07, 6.45) is 14.6. The van der Waals surface area contributed by atoms with Gasteiger partial charge in [0.1, 0.15) is 5.82 Å². The maximum atomic E-state index is 4.34. The van der Waals surface area contributed by atoms with Gasteiger partial charge in [-0.1, -0.05) is 55.0 Å². The van der Waals surface area contributed by atoms with Crippen molar-refractivity contribution in [1.82, 2.24) is 9.55 Å². The highest BCUT2D eigenvalue weighted by Gasteiger charge is 1.99. The molecule has 98 valence electrons. The maximum absolute atomic E-state index is 4.34. The molecule has 0 spiro atoms. The van der Waals surface area contributed by atoms with E-state index in [1.165, 1.54) is 50.8 Å². The first kappa shape index (κ1) is 14.7. The van der Waals surface area contributed by atoms with Crippen LogP contribution in [0.1, 0.15) is 57.7 Å². The fourth-order valence-electron chi connectivity index (χ4n) is 2.12. The summed E-state index contributed by atoms with van der Waals surface area (Å²) in [6.45, 7) is 3.31. The number of aryl methyl sites for hydroxylation is 2. The Morgan fingerprint density at radius 1 is 1.06 bits per heavy atom. The summed E-state index contributed by atoms with van der Waals surface area (Å²) in [4.78, 5) is 4.34. The van der Waals surface area contributed by atoms with E-state index in [2.05, 4.69) is 38.6 Å². The fourth-order valence-corrected chi connectivity index (χ4v) is 2.52. The van der Waals surface area contributed by atoms with Gasteiger partial charge in [-0.3, -0.25) is 0 Å². The van der Waals surface area contributed by atoms with Crippen molar-refractivity contribution >= 4 is 15.9 Å². The maximum Gasteiger partial charge on any atom is 0.108 e. The molecule has 0 saturated heterocycles. The van der Waals surface area contributed by atoms with Gasteiger partial charge in [-0.2, -0.15) is 0 Å². The van der Waals surface area contributed by atoms with Gasteiger partial charge in [0.15, 0.2) is 0 Å². The number of rotatable bonds is 10. The lowest BCUT2D eigenvalue weighted by atomic mass is 10.1. The van der Waals surface area contributed by atoms with Crippen molar-refractivity contribution in [2.75, 3.05) is 5.33 Å². The monoisotopic (exact) mass is 300 g/mol. The van der Waals surface area contributed by atoms with E-state index >= 15 is 0 Å². The van der Waals surface area contributed by atoms with Crippen molar-refractivity contribution in [3.63, 3.8) is 0 Å². The normalized spacial score (nSPS) is 10.9. The molecule has 0 bridgehead atoms. The third-order valence-electron chi connectivity index (χ3n) is 3.15. The number of unbranched alkanes of at least 4 members (excludes halogenated alkanes) is 6. The Morgan fingerprint density at radius 3 is 2.35 bits per heavy atom. The zero-order chi connectivity index (χ0) is 12.3. The van der Waals surface area contributed by atoms with Crippen LogP contribution in [0.4, 0.5) is 0 Å². The van der Waals surface area contributed by atoms with Crippen molar-refractivity contribution in [2.24, 2.45) is 0 Å². The Hall–Kier alpha value is -0.310. The molecule has 0 unspecified atom stereocenters. The minimum atomic E-state index is 1.04. The molecule has 0 aliphatic heterocycles. The number of hydrogen-bond acceptors (Lipinski definition) is 1. The molecule has 1 rings (SSSR count). The molecule has 0 atom stereocenters. The molecule has 3 heteroatoms. The number of nitrogens with zero attached hydrogens (tertiary/aromatic N) is 2. The molecule has 1 heterocycles. The lowest BCUT2D eigenvalue weighted by Crippen LogP contribution is -2.01. The average Bonchev–Trinajstić information content (AvgIpc) is 2.80. The first-order valence-corrected chi connectivity index (χ1v) is 8.06. The van der Waals surface area contributed by atoms with E-state index in [-0.39, 0.29) is 0 Å². The molecule has 0 fully saturated rings. The fraction of sp³-hybridized carbons (Fsp3) is 0.786.